The molecule has 0 spiro atoms. The number of rotatable bonds is 5. The van der Waals surface area contributed by atoms with Crippen LogP contribution >= 0.6 is 11.6 Å². The second kappa shape index (κ2) is 10.2. The molecule has 0 radical (unpaired) electrons. The average molecular weight is 397 g/mol. The smallest absolute Gasteiger partial charge is 0.405 e. The third kappa shape index (κ3) is 8.39. The Labute approximate surface area is 153 Å². The summed E-state index contributed by atoms with van der Waals surface area (Å²) >= 11 is 5.99. The maximum absolute atomic E-state index is 12.3. The molecule has 1 aliphatic heterocycles. The van der Waals surface area contributed by atoms with Gasteiger partial charge >= 0.3 is 18.1 Å². The molecule has 1 aliphatic rings. The maximum Gasteiger partial charge on any atom is 0.405 e. The topological polar surface area (TPSA) is 98.7 Å². The number of hydrogen-bond donors (Lipinski definition) is 4. The number of aliphatic carboxylic acids is 2. The van der Waals surface area contributed by atoms with Crippen molar-refractivity contribution in [2.24, 2.45) is 0 Å². The summed E-state index contributed by atoms with van der Waals surface area (Å²) in [5, 5.41) is 21.8. The molecule has 6 nitrogen and oxygen atoms in total. The van der Waals surface area contributed by atoms with Gasteiger partial charge in [0.2, 0.25) is 0 Å². The van der Waals surface area contributed by atoms with E-state index in [1.165, 1.54) is 0 Å². The van der Waals surface area contributed by atoms with Gasteiger partial charge in [-0.3, -0.25) is 9.59 Å². The number of carboxylic acid groups (broad SMARTS) is 2. The van der Waals surface area contributed by atoms with E-state index in [1.54, 1.807) is 6.07 Å². The van der Waals surface area contributed by atoms with Crippen molar-refractivity contribution in [3.05, 3.63) is 28.3 Å². The van der Waals surface area contributed by atoms with Crippen molar-refractivity contribution in [1.29, 1.82) is 0 Å². The largest absolute Gasteiger partial charge is 0.481 e. The van der Waals surface area contributed by atoms with Gasteiger partial charge in [0.05, 0.1) is 23.6 Å². The zero-order valence-electron chi connectivity index (χ0n) is 13.8. The van der Waals surface area contributed by atoms with E-state index in [2.05, 4.69) is 10.6 Å². The van der Waals surface area contributed by atoms with Crippen LogP contribution in [0.3, 0.4) is 0 Å². The fraction of sp³-hybridized carbons (Fsp3) is 0.500. The summed E-state index contributed by atoms with van der Waals surface area (Å²) in [7, 11) is 0. The lowest BCUT2D eigenvalue weighted by atomic mass is 10.0. The van der Waals surface area contributed by atoms with Crippen LogP contribution in [-0.2, 0) is 22.4 Å². The van der Waals surface area contributed by atoms with Crippen LogP contribution in [0.15, 0.2) is 12.1 Å². The third-order valence-corrected chi connectivity index (χ3v) is 3.82. The van der Waals surface area contributed by atoms with Crippen LogP contribution in [0.2, 0.25) is 5.02 Å². The first-order valence-corrected chi connectivity index (χ1v) is 8.23. The molecule has 0 saturated heterocycles. The van der Waals surface area contributed by atoms with E-state index in [1.807, 2.05) is 6.07 Å². The minimum absolute atomic E-state index is 0.296. The van der Waals surface area contributed by atoms with E-state index in [0.717, 1.165) is 30.6 Å². The Hall–Kier alpha value is -2.00. The highest BCUT2D eigenvalue weighted by Gasteiger charge is 2.27. The Morgan fingerprint density at radius 3 is 2.23 bits per heavy atom. The van der Waals surface area contributed by atoms with Gasteiger partial charge in [-0.1, -0.05) is 17.7 Å². The van der Waals surface area contributed by atoms with Crippen LogP contribution < -0.4 is 10.6 Å². The lowest BCUT2D eigenvalue weighted by molar-refractivity contribution is -0.143. The van der Waals surface area contributed by atoms with Crippen molar-refractivity contribution < 1.29 is 33.0 Å². The molecule has 1 aromatic rings. The van der Waals surface area contributed by atoms with Gasteiger partial charge in [0.15, 0.2) is 0 Å². The Bertz CT molecular complexity index is 625. The van der Waals surface area contributed by atoms with Gasteiger partial charge in [-0.25, -0.2) is 0 Å². The van der Waals surface area contributed by atoms with Crippen LogP contribution in [0.25, 0.3) is 0 Å². The van der Waals surface area contributed by atoms with Crippen molar-refractivity contribution in [2.45, 2.75) is 31.9 Å². The van der Waals surface area contributed by atoms with E-state index < -0.39 is 24.7 Å². The Morgan fingerprint density at radius 1 is 1.12 bits per heavy atom. The monoisotopic (exact) mass is 396 g/mol. The lowest BCUT2D eigenvalue weighted by Crippen LogP contribution is -2.22. The summed E-state index contributed by atoms with van der Waals surface area (Å²) in [6, 6.07) is 3.55. The van der Waals surface area contributed by atoms with Gasteiger partial charge in [0.1, 0.15) is 6.54 Å². The molecule has 146 valence electrons. The van der Waals surface area contributed by atoms with E-state index in [4.69, 9.17) is 21.8 Å². The van der Waals surface area contributed by atoms with E-state index in [-0.39, 0.29) is 12.8 Å². The van der Waals surface area contributed by atoms with Gasteiger partial charge in [-0.2, -0.15) is 13.2 Å². The Kier molecular flexibility index (Phi) is 8.67. The molecule has 26 heavy (non-hydrogen) atoms. The average Bonchev–Trinajstić information content (AvgIpc) is 2.77. The first-order chi connectivity index (χ1) is 12.1. The van der Waals surface area contributed by atoms with Gasteiger partial charge in [0.25, 0.3) is 0 Å². The summed E-state index contributed by atoms with van der Waals surface area (Å²) in [4.78, 5) is 19.3. The fourth-order valence-electron chi connectivity index (χ4n) is 2.34. The molecule has 0 aliphatic carbocycles. The first kappa shape index (κ1) is 22.0. The minimum atomic E-state index is -4.24. The van der Waals surface area contributed by atoms with E-state index in [9.17, 15) is 22.8 Å². The van der Waals surface area contributed by atoms with Crippen molar-refractivity contribution in [1.82, 2.24) is 5.32 Å². The van der Waals surface area contributed by atoms with Crippen LogP contribution in [0.5, 0.6) is 0 Å². The molecule has 1 heterocycles. The van der Waals surface area contributed by atoms with Crippen LogP contribution in [-0.4, -0.2) is 48.0 Å². The standard InChI is InChI=1S/C12H14ClF3N2.C4H6O4/c13-10-2-1-8-3-5-17-6-4-9(8)11(10)18-7-12(14,15)16;5-3(6)1-2-4(7)8/h1-2,17-18H,3-7H2;1-2H2,(H,5,6)(H,7,8). The second-order valence-corrected chi connectivity index (χ2v) is 5.97. The number of hydrogen-bond acceptors (Lipinski definition) is 4. The predicted molar refractivity (Wildman–Crippen MR) is 90.8 cm³/mol. The number of carbonyl (C=O) groups is 2. The molecule has 0 saturated carbocycles. The third-order valence-electron chi connectivity index (χ3n) is 3.50. The molecular weight excluding hydrogens is 377 g/mol. The molecule has 2 rings (SSSR count). The molecule has 4 N–H and O–H groups in total. The number of halogens is 4. The quantitative estimate of drug-likeness (QED) is 0.611. The van der Waals surface area contributed by atoms with Gasteiger partial charge in [0, 0.05) is 0 Å². The fourth-order valence-corrected chi connectivity index (χ4v) is 2.58. The molecular formula is C16H20ClF3N2O4. The SMILES string of the molecule is FC(F)(F)CNc1c(Cl)ccc2c1CCNCC2.O=C(O)CCC(=O)O. The maximum atomic E-state index is 12.3. The number of alkyl halides is 3. The summed E-state index contributed by atoms with van der Waals surface area (Å²) < 4.78 is 36.8. The van der Waals surface area contributed by atoms with Crippen LogP contribution in [0, 0.1) is 0 Å². The van der Waals surface area contributed by atoms with Crippen molar-refractivity contribution >= 4 is 29.2 Å². The molecule has 0 unspecified atom stereocenters. The Morgan fingerprint density at radius 2 is 1.69 bits per heavy atom. The van der Waals surface area contributed by atoms with Crippen LogP contribution in [0.1, 0.15) is 24.0 Å². The van der Waals surface area contributed by atoms with Crippen molar-refractivity contribution in [3.63, 3.8) is 0 Å². The van der Waals surface area contributed by atoms with Gasteiger partial charge in [-0.05, 0) is 43.1 Å². The van der Waals surface area contributed by atoms with Crippen molar-refractivity contribution in [3.8, 4) is 0 Å². The van der Waals surface area contributed by atoms with Crippen LogP contribution in [0.4, 0.5) is 18.9 Å². The van der Waals surface area contributed by atoms with E-state index in [0.29, 0.717) is 17.1 Å². The highest BCUT2D eigenvalue weighted by Crippen LogP contribution is 2.31. The summed E-state index contributed by atoms with van der Waals surface area (Å²) in [5.74, 6) is -2.15. The highest BCUT2D eigenvalue weighted by atomic mass is 35.5. The molecule has 10 heteroatoms. The number of carboxylic acids is 2. The molecule has 0 amide bonds. The normalized spacial score (nSPS) is 13.7. The molecule has 0 atom stereocenters. The summed E-state index contributed by atoms with van der Waals surface area (Å²) in [6.07, 6.45) is -3.33. The molecule has 0 fully saturated rings. The van der Waals surface area contributed by atoms with Gasteiger partial charge in [-0.15, -0.1) is 0 Å². The zero-order valence-corrected chi connectivity index (χ0v) is 14.6. The minimum Gasteiger partial charge on any atom is -0.481 e. The van der Waals surface area contributed by atoms with Gasteiger partial charge < -0.3 is 20.8 Å². The molecule has 1 aromatic carbocycles. The predicted octanol–water partition coefficient (Wildman–Crippen LogP) is 2.94. The summed E-state index contributed by atoms with van der Waals surface area (Å²) in [6.45, 7) is 0.540. The zero-order chi connectivity index (χ0) is 19.7. The number of fused-ring (bicyclic) bond motifs is 1. The second-order valence-electron chi connectivity index (χ2n) is 5.57. The summed E-state index contributed by atoms with van der Waals surface area (Å²) in [5.41, 5.74) is 2.39. The van der Waals surface area contributed by atoms with Crippen molar-refractivity contribution in [2.75, 3.05) is 25.0 Å². The first-order valence-electron chi connectivity index (χ1n) is 7.85. The Balaban J connectivity index is 0.000000359. The lowest BCUT2D eigenvalue weighted by Gasteiger charge is -2.17. The number of nitrogens with one attached hydrogen (secondary N) is 2. The number of anilines is 1. The number of benzene rings is 1. The molecule has 0 aromatic heterocycles. The molecule has 0 bridgehead atoms. The van der Waals surface area contributed by atoms with E-state index >= 15 is 0 Å². The highest BCUT2D eigenvalue weighted by molar-refractivity contribution is 6.33.